The molecule has 3 aromatic rings. The lowest BCUT2D eigenvalue weighted by atomic mass is 10.1. The van der Waals surface area contributed by atoms with Crippen LogP contribution in [0.3, 0.4) is 0 Å². The van der Waals surface area contributed by atoms with Crippen molar-refractivity contribution in [3.63, 3.8) is 0 Å². The molecule has 0 bridgehead atoms. The third kappa shape index (κ3) is 3.76. The van der Waals surface area contributed by atoms with Crippen LogP contribution in [-0.4, -0.2) is 29.4 Å². The Balaban J connectivity index is 1.51. The summed E-state index contributed by atoms with van der Waals surface area (Å²) in [7, 11) is 1.63. The van der Waals surface area contributed by atoms with Gasteiger partial charge in [-0.3, -0.25) is 4.79 Å². The highest BCUT2D eigenvalue weighted by Gasteiger charge is 2.34. The molecule has 1 aliphatic rings. The molecule has 1 atom stereocenters. The molecule has 5 nitrogen and oxygen atoms in total. The molecule has 1 saturated heterocycles. The monoisotopic (exact) mass is 380 g/mol. The highest BCUT2D eigenvalue weighted by atomic mass is 19.1. The van der Waals surface area contributed by atoms with Crippen LogP contribution in [0.4, 0.5) is 4.39 Å². The van der Waals surface area contributed by atoms with Crippen LogP contribution in [0.1, 0.15) is 46.5 Å². The van der Waals surface area contributed by atoms with Crippen LogP contribution in [0, 0.1) is 5.82 Å². The lowest BCUT2D eigenvalue weighted by Crippen LogP contribution is -2.30. The average molecular weight is 380 g/mol. The zero-order chi connectivity index (χ0) is 19.5. The number of hydrogen-bond acceptors (Lipinski definition) is 4. The minimum Gasteiger partial charge on any atom is -0.497 e. The van der Waals surface area contributed by atoms with Gasteiger partial charge in [0.1, 0.15) is 23.4 Å². The molecule has 1 unspecified atom stereocenters. The summed E-state index contributed by atoms with van der Waals surface area (Å²) < 4.78 is 24.7. The average Bonchev–Trinajstić information content (AvgIpc) is 3.37. The maximum Gasteiger partial charge on any atom is 0.254 e. The van der Waals surface area contributed by atoms with Gasteiger partial charge in [-0.2, -0.15) is 0 Å². The second-order valence-electron chi connectivity index (χ2n) is 6.86. The lowest BCUT2D eigenvalue weighted by molar-refractivity contribution is 0.0714. The molecular formula is C22H21FN2O3. The van der Waals surface area contributed by atoms with Crippen molar-refractivity contribution in [2.24, 2.45) is 0 Å². The molecule has 28 heavy (non-hydrogen) atoms. The smallest absolute Gasteiger partial charge is 0.254 e. The summed E-state index contributed by atoms with van der Waals surface area (Å²) in [6, 6.07) is 13.3. The molecule has 1 fully saturated rings. The summed E-state index contributed by atoms with van der Waals surface area (Å²) in [5.74, 6) is 1.43. The first-order valence-corrected chi connectivity index (χ1v) is 9.28. The molecule has 1 aromatic heterocycles. The Labute approximate surface area is 162 Å². The molecule has 1 aliphatic heterocycles. The summed E-state index contributed by atoms with van der Waals surface area (Å²) in [5, 5.41) is 0. The van der Waals surface area contributed by atoms with Crippen LogP contribution in [0.15, 0.2) is 59.1 Å². The number of rotatable bonds is 5. The van der Waals surface area contributed by atoms with Crippen LogP contribution >= 0.6 is 0 Å². The maximum atomic E-state index is 13.5. The Morgan fingerprint density at radius 2 is 2.14 bits per heavy atom. The minimum atomic E-state index is -0.418. The van der Waals surface area contributed by atoms with Crippen LogP contribution in [0.2, 0.25) is 0 Å². The fraction of sp³-hybridized carbons (Fsp3) is 0.273. The summed E-state index contributed by atoms with van der Waals surface area (Å²) in [5.41, 5.74) is 1.40. The van der Waals surface area contributed by atoms with Crippen LogP contribution in [-0.2, 0) is 6.42 Å². The molecule has 0 N–H and O–H groups in total. The van der Waals surface area contributed by atoms with Gasteiger partial charge in [-0.05, 0) is 48.7 Å². The fourth-order valence-electron chi connectivity index (χ4n) is 3.60. The van der Waals surface area contributed by atoms with E-state index in [1.54, 1.807) is 30.3 Å². The molecule has 0 radical (unpaired) electrons. The van der Waals surface area contributed by atoms with Gasteiger partial charge in [0.15, 0.2) is 0 Å². The molecule has 144 valence electrons. The van der Waals surface area contributed by atoms with Crippen LogP contribution in [0.5, 0.6) is 5.75 Å². The molecule has 4 rings (SSSR count). The number of oxazole rings is 1. The number of methoxy groups -OCH3 is 1. The Morgan fingerprint density at radius 1 is 1.29 bits per heavy atom. The second kappa shape index (κ2) is 7.84. The Morgan fingerprint density at radius 3 is 2.96 bits per heavy atom. The van der Waals surface area contributed by atoms with Crippen LogP contribution in [0.25, 0.3) is 0 Å². The first-order valence-electron chi connectivity index (χ1n) is 9.28. The SMILES string of the molecule is COc1cccc(Cc2cnc(C3CCCN3C(=O)c3cccc(F)c3)o2)c1. The number of ether oxygens (including phenoxy) is 1. The number of benzene rings is 2. The highest BCUT2D eigenvalue weighted by Crippen LogP contribution is 2.33. The normalized spacial score (nSPS) is 16.4. The van der Waals surface area contributed by atoms with Gasteiger partial charge in [-0.1, -0.05) is 18.2 Å². The molecular weight excluding hydrogens is 359 g/mol. The number of likely N-dealkylation sites (tertiary alicyclic amines) is 1. The topological polar surface area (TPSA) is 55.6 Å². The van der Waals surface area contributed by atoms with Crippen LogP contribution < -0.4 is 4.74 Å². The number of amides is 1. The van der Waals surface area contributed by atoms with Crippen molar-refractivity contribution in [1.82, 2.24) is 9.88 Å². The highest BCUT2D eigenvalue weighted by molar-refractivity contribution is 5.94. The van der Waals surface area contributed by atoms with Gasteiger partial charge in [0.05, 0.1) is 13.3 Å². The first kappa shape index (κ1) is 18.2. The third-order valence-corrected chi connectivity index (χ3v) is 4.95. The molecule has 2 heterocycles. The number of aromatic nitrogens is 1. The van der Waals surface area contributed by atoms with Crippen molar-refractivity contribution in [2.75, 3.05) is 13.7 Å². The van der Waals surface area contributed by atoms with Gasteiger partial charge < -0.3 is 14.1 Å². The summed E-state index contributed by atoms with van der Waals surface area (Å²) in [4.78, 5) is 19.0. The standard InChI is InChI=1S/C22H21FN2O3/c1-27-18-8-2-5-15(11-18)12-19-14-24-21(28-19)20-9-4-10-25(20)22(26)16-6-3-7-17(23)13-16/h2-3,5-8,11,13-14,20H,4,9-10,12H2,1H3. The maximum absolute atomic E-state index is 13.5. The van der Waals surface area contributed by atoms with Crippen molar-refractivity contribution in [2.45, 2.75) is 25.3 Å². The number of carbonyl (C=O) groups excluding carboxylic acids is 1. The third-order valence-electron chi connectivity index (χ3n) is 4.95. The van der Waals surface area contributed by atoms with E-state index in [1.165, 1.54) is 12.1 Å². The van der Waals surface area contributed by atoms with Gasteiger partial charge in [-0.25, -0.2) is 9.37 Å². The van der Waals surface area contributed by atoms with E-state index >= 15 is 0 Å². The van der Waals surface area contributed by atoms with E-state index in [0.717, 1.165) is 29.9 Å². The molecule has 0 aliphatic carbocycles. The molecule has 0 saturated carbocycles. The second-order valence-corrected chi connectivity index (χ2v) is 6.86. The summed E-state index contributed by atoms with van der Waals surface area (Å²) >= 11 is 0. The lowest BCUT2D eigenvalue weighted by Gasteiger charge is -2.22. The number of nitrogens with zero attached hydrogens (tertiary/aromatic N) is 2. The van der Waals surface area contributed by atoms with Crippen molar-refractivity contribution in [1.29, 1.82) is 0 Å². The first-order chi connectivity index (χ1) is 13.6. The predicted octanol–water partition coefficient (Wildman–Crippen LogP) is 4.39. The van der Waals surface area contributed by atoms with Crippen molar-refractivity contribution < 1.29 is 18.3 Å². The van der Waals surface area contributed by atoms with Crippen molar-refractivity contribution in [3.8, 4) is 5.75 Å². The predicted molar refractivity (Wildman–Crippen MR) is 102 cm³/mol. The largest absolute Gasteiger partial charge is 0.497 e. The van der Waals surface area contributed by atoms with E-state index in [2.05, 4.69) is 4.98 Å². The van der Waals surface area contributed by atoms with E-state index in [4.69, 9.17) is 9.15 Å². The Bertz CT molecular complexity index is 985. The molecule has 0 spiro atoms. The van der Waals surface area contributed by atoms with E-state index in [1.807, 2.05) is 24.3 Å². The zero-order valence-electron chi connectivity index (χ0n) is 15.6. The number of carbonyl (C=O) groups is 1. The van der Waals surface area contributed by atoms with Gasteiger partial charge >= 0.3 is 0 Å². The van der Waals surface area contributed by atoms with Gasteiger partial charge in [0.2, 0.25) is 5.89 Å². The summed E-state index contributed by atoms with van der Waals surface area (Å²) in [6.07, 6.45) is 3.94. The molecule has 2 aromatic carbocycles. The van der Waals surface area contributed by atoms with Crippen molar-refractivity contribution >= 4 is 5.91 Å². The van der Waals surface area contributed by atoms with Gasteiger partial charge in [0, 0.05) is 18.5 Å². The minimum absolute atomic E-state index is 0.199. The van der Waals surface area contributed by atoms with E-state index < -0.39 is 5.82 Å². The van der Waals surface area contributed by atoms with Crippen molar-refractivity contribution in [3.05, 3.63) is 83.3 Å². The molecule has 1 amide bonds. The fourth-order valence-corrected chi connectivity index (χ4v) is 3.60. The molecule has 6 heteroatoms. The summed E-state index contributed by atoms with van der Waals surface area (Å²) in [6.45, 7) is 0.605. The zero-order valence-corrected chi connectivity index (χ0v) is 15.6. The Kier molecular flexibility index (Phi) is 5.10. The van der Waals surface area contributed by atoms with E-state index in [-0.39, 0.29) is 11.9 Å². The number of hydrogen-bond donors (Lipinski definition) is 0. The Hall–Kier alpha value is -3.15. The van der Waals surface area contributed by atoms with Gasteiger partial charge in [0.25, 0.3) is 5.91 Å². The van der Waals surface area contributed by atoms with Gasteiger partial charge in [-0.15, -0.1) is 0 Å². The van der Waals surface area contributed by atoms with E-state index in [9.17, 15) is 9.18 Å². The number of halogens is 1. The van der Waals surface area contributed by atoms with E-state index in [0.29, 0.717) is 24.4 Å². The quantitative estimate of drug-likeness (QED) is 0.659.